The lowest BCUT2D eigenvalue weighted by atomic mass is 10.2. The van der Waals surface area contributed by atoms with Gasteiger partial charge in [0, 0.05) is 28.9 Å². The van der Waals surface area contributed by atoms with Crippen LogP contribution in [0.15, 0.2) is 29.2 Å². The van der Waals surface area contributed by atoms with Crippen LogP contribution in [0.2, 0.25) is 0 Å². The number of morpholine rings is 1. The van der Waals surface area contributed by atoms with Gasteiger partial charge in [-0.1, -0.05) is 6.07 Å². The summed E-state index contributed by atoms with van der Waals surface area (Å²) in [6, 6.07) is 7.39. The van der Waals surface area contributed by atoms with Crippen LogP contribution in [0.4, 0.5) is 5.69 Å². The first-order chi connectivity index (χ1) is 9.88. The fraction of sp³-hybridized carbons (Fsp3) is 0.571. The highest BCUT2D eigenvalue weighted by Crippen LogP contribution is 2.22. The summed E-state index contributed by atoms with van der Waals surface area (Å²) in [6.45, 7) is 4.68. The predicted octanol–water partition coefficient (Wildman–Crippen LogP) is 1.80. The minimum atomic E-state index is -3.24. The van der Waals surface area contributed by atoms with Crippen molar-refractivity contribution in [3.05, 3.63) is 24.3 Å². The number of nitrogen functional groups attached to an aromatic ring is 1. The number of anilines is 1. The van der Waals surface area contributed by atoms with E-state index in [1.54, 1.807) is 4.31 Å². The molecule has 2 atom stereocenters. The molecule has 0 spiro atoms. The van der Waals surface area contributed by atoms with E-state index in [1.807, 2.05) is 38.1 Å². The molecule has 1 aromatic rings. The fourth-order valence-electron chi connectivity index (χ4n) is 2.25. The lowest BCUT2D eigenvalue weighted by Gasteiger charge is -2.35. The van der Waals surface area contributed by atoms with Gasteiger partial charge in [0.05, 0.1) is 18.5 Å². The molecule has 1 fully saturated rings. The molecule has 7 heteroatoms. The van der Waals surface area contributed by atoms with Crippen LogP contribution in [0.3, 0.4) is 0 Å². The van der Waals surface area contributed by atoms with E-state index in [0.717, 1.165) is 4.90 Å². The van der Waals surface area contributed by atoms with Crippen molar-refractivity contribution in [2.45, 2.75) is 30.9 Å². The average molecular weight is 330 g/mol. The van der Waals surface area contributed by atoms with Crippen LogP contribution in [-0.2, 0) is 14.8 Å². The number of thioether (sulfide) groups is 1. The molecule has 0 saturated carbocycles. The Bertz CT molecular complexity index is 577. The van der Waals surface area contributed by atoms with Gasteiger partial charge in [0.1, 0.15) is 0 Å². The third-order valence-corrected chi connectivity index (χ3v) is 6.57. The highest BCUT2D eigenvalue weighted by Gasteiger charge is 2.32. The summed E-state index contributed by atoms with van der Waals surface area (Å²) in [7, 11) is -3.24. The molecule has 5 nitrogen and oxygen atoms in total. The monoisotopic (exact) mass is 330 g/mol. The van der Waals surface area contributed by atoms with E-state index in [-0.39, 0.29) is 17.9 Å². The van der Waals surface area contributed by atoms with E-state index in [0.29, 0.717) is 24.6 Å². The Balaban J connectivity index is 1.92. The highest BCUT2D eigenvalue weighted by atomic mass is 32.2. The molecule has 2 unspecified atom stereocenters. The largest absolute Gasteiger partial charge is 0.399 e. The molecule has 1 aromatic carbocycles. The maximum atomic E-state index is 12.4. The molecule has 0 amide bonds. The van der Waals surface area contributed by atoms with E-state index >= 15 is 0 Å². The van der Waals surface area contributed by atoms with E-state index in [9.17, 15) is 8.42 Å². The van der Waals surface area contributed by atoms with Crippen molar-refractivity contribution in [2.24, 2.45) is 0 Å². The van der Waals surface area contributed by atoms with Crippen molar-refractivity contribution in [1.82, 2.24) is 4.31 Å². The van der Waals surface area contributed by atoms with Crippen LogP contribution in [0.5, 0.6) is 0 Å². The molecule has 1 heterocycles. The van der Waals surface area contributed by atoms with Gasteiger partial charge in [0.2, 0.25) is 10.0 Å². The molecule has 0 aliphatic carbocycles. The molecule has 2 N–H and O–H groups in total. The molecule has 0 radical (unpaired) electrons. The normalized spacial score (nSPS) is 24.1. The Kier molecular flexibility index (Phi) is 5.54. The number of sulfonamides is 1. The zero-order chi connectivity index (χ0) is 15.5. The summed E-state index contributed by atoms with van der Waals surface area (Å²) in [6.07, 6.45) is -0.0439. The number of hydrogen-bond donors (Lipinski definition) is 1. The minimum Gasteiger partial charge on any atom is -0.399 e. The number of ether oxygens (including phenoxy) is 1. The average Bonchev–Trinajstić information content (AvgIpc) is 2.41. The van der Waals surface area contributed by atoms with Crippen LogP contribution >= 0.6 is 11.8 Å². The second-order valence-corrected chi connectivity index (χ2v) is 8.51. The van der Waals surface area contributed by atoms with Crippen LogP contribution in [0.1, 0.15) is 13.8 Å². The highest BCUT2D eigenvalue weighted by molar-refractivity contribution is 8.00. The third kappa shape index (κ3) is 4.60. The van der Waals surface area contributed by atoms with Crippen LogP contribution in [0, 0.1) is 0 Å². The van der Waals surface area contributed by atoms with Crippen LogP contribution in [-0.4, -0.2) is 49.5 Å². The van der Waals surface area contributed by atoms with Crippen molar-refractivity contribution in [3.8, 4) is 0 Å². The Morgan fingerprint density at radius 1 is 1.43 bits per heavy atom. The lowest BCUT2D eigenvalue weighted by molar-refractivity contribution is -0.0169. The molecule has 21 heavy (non-hydrogen) atoms. The quantitative estimate of drug-likeness (QED) is 0.658. The molecule has 1 aliphatic heterocycles. The van der Waals surface area contributed by atoms with Gasteiger partial charge in [0.15, 0.2) is 0 Å². The molecule has 1 saturated heterocycles. The molecule has 1 aliphatic rings. The predicted molar refractivity (Wildman–Crippen MR) is 86.9 cm³/mol. The summed E-state index contributed by atoms with van der Waals surface area (Å²) >= 11 is 1.51. The van der Waals surface area contributed by atoms with Crippen molar-refractivity contribution in [1.29, 1.82) is 0 Å². The maximum absolute atomic E-state index is 12.4. The number of nitrogens with two attached hydrogens (primary N) is 1. The molecule has 0 aromatic heterocycles. The van der Waals surface area contributed by atoms with Crippen molar-refractivity contribution in [2.75, 3.05) is 30.4 Å². The first-order valence-electron chi connectivity index (χ1n) is 6.98. The van der Waals surface area contributed by atoms with E-state index in [4.69, 9.17) is 10.5 Å². The molecular formula is C14H22N2O3S2. The summed E-state index contributed by atoms with van der Waals surface area (Å²) < 4.78 is 31.9. The Labute approximate surface area is 130 Å². The smallest absolute Gasteiger partial charge is 0.215 e. The molecule has 118 valence electrons. The maximum Gasteiger partial charge on any atom is 0.215 e. The van der Waals surface area contributed by atoms with Crippen molar-refractivity contribution < 1.29 is 13.2 Å². The van der Waals surface area contributed by atoms with Gasteiger partial charge < -0.3 is 10.5 Å². The number of rotatable bonds is 5. The van der Waals surface area contributed by atoms with E-state index < -0.39 is 10.0 Å². The summed E-state index contributed by atoms with van der Waals surface area (Å²) in [5.41, 5.74) is 6.41. The van der Waals surface area contributed by atoms with Gasteiger partial charge in [-0.05, 0) is 32.0 Å². The number of benzene rings is 1. The summed E-state index contributed by atoms with van der Waals surface area (Å²) in [4.78, 5) is 0.994. The number of nitrogens with zero attached hydrogens (tertiary/aromatic N) is 1. The van der Waals surface area contributed by atoms with Crippen LogP contribution < -0.4 is 5.73 Å². The Hall–Kier alpha value is -0.760. The summed E-state index contributed by atoms with van der Waals surface area (Å²) in [5.74, 6) is 0.647. The minimum absolute atomic E-state index is 0.0439. The molecule has 2 rings (SSSR count). The standard InChI is InChI=1S/C14H22N2O3S2/c1-11-10-19-12(2)9-16(11)21(17,18)7-6-20-14-5-3-4-13(15)8-14/h3-5,8,11-12H,6-7,9-10,15H2,1-2H3. The first-order valence-corrected chi connectivity index (χ1v) is 9.57. The van der Waals surface area contributed by atoms with Gasteiger partial charge in [-0.15, -0.1) is 11.8 Å². The van der Waals surface area contributed by atoms with E-state index in [1.165, 1.54) is 11.8 Å². The van der Waals surface area contributed by atoms with Gasteiger partial charge in [-0.3, -0.25) is 0 Å². The lowest BCUT2D eigenvalue weighted by Crippen LogP contribution is -2.51. The van der Waals surface area contributed by atoms with Crippen LogP contribution in [0.25, 0.3) is 0 Å². The van der Waals surface area contributed by atoms with Gasteiger partial charge in [0.25, 0.3) is 0 Å². The first kappa shape index (κ1) is 16.6. The van der Waals surface area contributed by atoms with E-state index in [2.05, 4.69) is 0 Å². The van der Waals surface area contributed by atoms with Gasteiger partial charge in [-0.2, -0.15) is 4.31 Å². The summed E-state index contributed by atoms with van der Waals surface area (Å²) in [5, 5.41) is 0. The topological polar surface area (TPSA) is 72.6 Å². The zero-order valence-electron chi connectivity index (χ0n) is 12.4. The zero-order valence-corrected chi connectivity index (χ0v) is 14.0. The Morgan fingerprint density at radius 2 is 2.19 bits per heavy atom. The molecular weight excluding hydrogens is 308 g/mol. The number of hydrogen-bond acceptors (Lipinski definition) is 5. The van der Waals surface area contributed by atoms with Crippen molar-refractivity contribution in [3.63, 3.8) is 0 Å². The Morgan fingerprint density at radius 3 is 2.90 bits per heavy atom. The molecule has 0 bridgehead atoms. The van der Waals surface area contributed by atoms with Gasteiger partial charge >= 0.3 is 0 Å². The SMILES string of the molecule is CC1CN(S(=O)(=O)CCSc2cccc(N)c2)C(C)CO1. The van der Waals surface area contributed by atoms with Gasteiger partial charge in [-0.25, -0.2) is 8.42 Å². The third-order valence-electron chi connectivity index (χ3n) is 3.38. The fourth-order valence-corrected chi connectivity index (χ4v) is 5.33. The second kappa shape index (κ2) is 7.00. The second-order valence-electron chi connectivity index (χ2n) is 5.30. The van der Waals surface area contributed by atoms with Crippen molar-refractivity contribution >= 4 is 27.5 Å².